The first-order valence-electron chi connectivity index (χ1n) is 10.1. The maximum absolute atomic E-state index is 12.9. The number of hydrogen-bond donors (Lipinski definition) is 6. The van der Waals surface area contributed by atoms with Gasteiger partial charge in [-0.2, -0.15) is 11.8 Å². The molecule has 31 heavy (non-hydrogen) atoms. The van der Waals surface area contributed by atoms with E-state index in [0.717, 1.165) is 13.0 Å². The number of carboxylic acids is 2. The molecule has 4 atom stereocenters. The Kier molecular flexibility index (Phi) is 11.3. The van der Waals surface area contributed by atoms with E-state index in [9.17, 15) is 24.0 Å². The van der Waals surface area contributed by atoms with Gasteiger partial charge < -0.3 is 31.5 Å². The molecule has 1 fully saturated rings. The number of rotatable bonds is 13. The maximum Gasteiger partial charge on any atom is 0.326 e. The number of carbonyl (C=O) groups is 5. The highest BCUT2D eigenvalue weighted by Crippen LogP contribution is 2.09. The van der Waals surface area contributed by atoms with Crippen LogP contribution in [0, 0.1) is 5.92 Å². The second-order valence-electron chi connectivity index (χ2n) is 7.72. The lowest BCUT2D eigenvalue weighted by molar-refractivity contribution is -0.147. The second-order valence-corrected chi connectivity index (χ2v) is 8.70. The van der Waals surface area contributed by atoms with E-state index in [1.165, 1.54) is 11.8 Å². The predicted molar refractivity (Wildman–Crippen MR) is 115 cm³/mol. The monoisotopic (exact) mass is 460 g/mol. The Labute approximate surface area is 185 Å². The van der Waals surface area contributed by atoms with Gasteiger partial charge in [-0.15, -0.1) is 0 Å². The minimum atomic E-state index is -1.62. The molecule has 0 aromatic rings. The van der Waals surface area contributed by atoms with Crippen molar-refractivity contribution in [3.8, 4) is 0 Å². The van der Waals surface area contributed by atoms with Crippen LogP contribution in [-0.2, 0) is 24.0 Å². The second kappa shape index (κ2) is 13.2. The number of amides is 3. The van der Waals surface area contributed by atoms with Crippen molar-refractivity contribution in [2.45, 2.75) is 63.7 Å². The fourth-order valence-corrected chi connectivity index (χ4v) is 3.58. The molecule has 1 rings (SSSR count). The van der Waals surface area contributed by atoms with Crippen molar-refractivity contribution in [2.24, 2.45) is 5.92 Å². The summed E-state index contributed by atoms with van der Waals surface area (Å²) >= 11 is 1.51. The number of aliphatic carboxylic acids is 2. The zero-order valence-corrected chi connectivity index (χ0v) is 18.8. The topological polar surface area (TPSA) is 174 Å². The van der Waals surface area contributed by atoms with Gasteiger partial charge in [-0.25, -0.2) is 4.79 Å². The third-order valence-corrected chi connectivity index (χ3v) is 5.50. The lowest BCUT2D eigenvalue weighted by Crippen LogP contribution is -2.58. The third-order valence-electron chi connectivity index (χ3n) is 4.86. The summed E-state index contributed by atoms with van der Waals surface area (Å²) in [5.74, 6) is -4.30. The molecule has 0 aromatic heterocycles. The normalized spacial score (nSPS) is 18.6. The molecule has 1 heterocycles. The van der Waals surface area contributed by atoms with Gasteiger partial charge >= 0.3 is 11.9 Å². The molecular formula is C19H32N4O7S. The van der Waals surface area contributed by atoms with Crippen LogP contribution in [0.5, 0.6) is 0 Å². The third kappa shape index (κ3) is 9.13. The number of carbonyl (C=O) groups excluding carboxylic acids is 3. The Bertz CT molecular complexity index is 668. The summed E-state index contributed by atoms with van der Waals surface area (Å²) in [6.45, 7) is 4.06. The lowest BCUT2D eigenvalue weighted by Gasteiger charge is -2.27. The van der Waals surface area contributed by atoms with Crippen LogP contribution in [0.15, 0.2) is 0 Å². The van der Waals surface area contributed by atoms with E-state index in [1.54, 1.807) is 13.8 Å². The van der Waals surface area contributed by atoms with Gasteiger partial charge in [0.05, 0.1) is 12.5 Å². The molecule has 0 radical (unpaired) electrons. The molecule has 0 aliphatic carbocycles. The van der Waals surface area contributed by atoms with Gasteiger partial charge in [0, 0.05) is 0 Å². The van der Waals surface area contributed by atoms with E-state index < -0.39 is 54.2 Å². The fraction of sp³-hybridized carbons (Fsp3) is 0.737. The largest absolute Gasteiger partial charge is 0.481 e. The Morgan fingerprint density at radius 1 is 1.03 bits per heavy atom. The molecular weight excluding hydrogens is 428 g/mol. The van der Waals surface area contributed by atoms with Gasteiger partial charge in [-0.05, 0) is 43.7 Å². The van der Waals surface area contributed by atoms with Crippen LogP contribution < -0.4 is 21.3 Å². The van der Waals surface area contributed by atoms with Crippen LogP contribution in [-0.4, -0.2) is 82.6 Å². The van der Waals surface area contributed by atoms with Crippen molar-refractivity contribution < 1.29 is 34.2 Å². The molecule has 0 saturated carbocycles. The Hall–Kier alpha value is -2.34. The smallest absolute Gasteiger partial charge is 0.326 e. The lowest BCUT2D eigenvalue weighted by atomic mass is 10.0. The summed E-state index contributed by atoms with van der Waals surface area (Å²) in [4.78, 5) is 60.0. The van der Waals surface area contributed by atoms with Gasteiger partial charge in [-0.1, -0.05) is 13.8 Å². The highest BCUT2D eigenvalue weighted by molar-refractivity contribution is 7.98. The molecule has 1 aliphatic rings. The number of nitrogens with one attached hydrogen (secondary N) is 4. The molecule has 4 unspecified atom stereocenters. The van der Waals surface area contributed by atoms with Crippen LogP contribution in [0.2, 0.25) is 0 Å². The minimum Gasteiger partial charge on any atom is -0.481 e. The molecule has 0 aromatic carbocycles. The summed E-state index contributed by atoms with van der Waals surface area (Å²) in [5, 5.41) is 28.5. The fourth-order valence-electron chi connectivity index (χ4n) is 3.11. The molecule has 1 saturated heterocycles. The molecule has 0 spiro atoms. The van der Waals surface area contributed by atoms with Crippen molar-refractivity contribution in [1.82, 2.24) is 21.3 Å². The summed E-state index contributed by atoms with van der Waals surface area (Å²) in [5.41, 5.74) is 0. The van der Waals surface area contributed by atoms with E-state index in [2.05, 4.69) is 21.3 Å². The van der Waals surface area contributed by atoms with E-state index in [-0.39, 0.29) is 11.9 Å². The van der Waals surface area contributed by atoms with Crippen molar-refractivity contribution in [2.75, 3.05) is 18.6 Å². The first-order valence-corrected chi connectivity index (χ1v) is 11.5. The summed E-state index contributed by atoms with van der Waals surface area (Å²) in [7, 11) is 0. The minimum absolute atomic E-state index is 0.281. The molecule has 176 valence electrons. The van der Waals surface area contributed by atoms with Crippen LogP contribution >= 0.6 is 11.8 Å². The van der Waals surface area contributed by atoms with Crippen LogP contribution in [0.25, 0.3) is 0 Å². The van der Waals surface area contributed by atoms with Crippen LogP contribution in [0.1, 0.15) is 39.5 Å². The molecule has 0 bridgehead atoms. The highest BCUT2D eigenvalue weighted by atomic mass is 32.2. The summed E-state index contributed by atoms with van der Waals surface area (Å²) in [6, 6.07) is -3.93. The number of carboxylic acid groups (broad SMARTS) is 2. The van der Waals surface area contributed by atoms with Crippen LogP contribution in [0.4, 0.5) is 0 Å². The van der Waals surface area contributed by atoms with Crippen LogP contribution in [0.3, 0.4) is 0 Å². The average Bonchev–Trinajstić information content (AvgIpc) is 3.22. The van der Waals surface area contributed by atoms with E-state index in [4.69, 9.17) is 10.2 Å². The Balaban J connectivity index is 2.86. The quantitative estimate of drug-likeness (QED) is 0.205. The standard InChI is InChI=1S/C19H32N4O7S/c1-10(2)15(18(28)22-13(19(29)30)9-14(24)25)23-17(27)12(6-8-31-3)21-16(26)11-5-4-7-20-11/h10-13,15,20H,4-9H2,1-3H3,(H,21,26)(H,22,28)(H,23,27)(H,24,25)(H,29,30). The summed E-state index contributed by atoms with van der Waals surface area (Å²) < 4.78 is 0. The van der Waals surface area contributed by atoms with E-state index in [1.807, 2.05) is 6.26 Å². The Morgan fingerprint density at radius 3 is 2.19 bits per heavy atom. The van der Waals surface area contributed by atoms with Crippen molar-refractivity contribution in [3.05, 3.63) is 0 Å². The highest BCUT2D eigenvalue weighted by Gasteiger charge is 2.33. The number of hydrogen-bond acceptors (Lipinski definition) is 7. The van der Waals surface area contributed by atoms with E-state index >= 15 is 0 Å². The first-order chi connectivity index (χ1) is 14.6. The van der Waals surface area contributed by atoms with Gasteiger partial charge in [0.15, 0.2) is 0 Å². The van der Waals surface area contributed by atoms with E-state index in [0.29, 0.717) is 18.6 Å². The molecule has 6 N–H and O–H groups in total. The zero-order chi connectivity index (χ0) is 23.6. The van der Waals surface area contributed by atoms with Crippen molar-refractivity contribution in [1.29, 1.82) is 0 Å². The van der Waals surface area contributed by atoms with Gasteiger partial charge in [0.2, 0.25) is 17.7 Å². The SMILES string of the molecule is CSCCC(NC(=O)C1CCCN1)C(=O)NC(C(=O)NC(CC(=O)O)C(=O)O)C(C)C. The summed E-state index contributed by atoms with van der Waals surface area (Å²) in [6.07, 6.45) is 2.99. The van der Waals surface area contributed by atoms with Crippen molar-refractivity contribution in [3.63, 3.8) is 0 Å². The number of thioether (sulfide) groups is 1. The van der Waals surface area contributed by atoms with Gasteiger partial charge in [0.25, 0.3) is 0 Å². The Morgan fingerprint density at radius 2 is 1.71 bits per heavy atom. The molecule has 11 nitrogen and oxygen atoms in total. The maximum atomic E-state index is 12.9. The molecule has 3 amide bonds. The van der Waals surface area contributed by atoms with Gasteiger partial charge in [0.1, 0.15) is 18.1 Å². The molecule has 12 heteroatoms. The zero-order valence-electron chi connectivity index (χ0n) is 18.0. The first kappa shape index (κ1) is 26.7. The average molecular weight is 461 g/mol. The van der Waals surface area contributed by atoms with Gasteiger partial charge in [-0.3, -0.25) is 19.2 Å². The predicted octanol–water partition coefficient (Wildman–Crippen LogP) is -0.839. The molecule has 1 aliphatic heterocycles. The van der Waals surface area contributed by atoms with Crippen molar-refractivity contribution >= 4 is 41.4 Å².